The quantitative estimate of drug-likeness (QED) is 0.708. The molecule has 3 N–H and O–H groups in total. The van der Waals surface area contributed by atoms with Crippen LogP contribution in [0.1, 0.15) is 32.6 Å². The van der Waals surface area contributed by atoms with Crippen LogP contribution in [0.2, 0.25) is 0 Å². The second-order valence-corrected chi connectivity index (χ2v) is 7.11. The average molecular weight is 262 g/mol. The first kappa shape index (κ1) is 14.4. The van der Waals surface area contributed by atoms with Crippen molar-refractivity contribution in [1.29, 1.82) is 0 Å². The minimum absolute atomic E-state index is 0.0689. The van der Waals surface area contributed by atoms with Gasteiger partial charge < -0.3 is 11.1 Å². The molecule has 100 valence electrons. The SMILES string of the molecule is CC(CCCN)C(=O)NCC1CCCS1(=O)=O. The predicted molar refractivity (Wildman–Crippen MR) is 67.3 cm³/mol. The Kier molecular flexibility index (Phi) is 5.39. The molecule has 1 fully saturated rings. The third-order valence-corrected chi connectivity index (χ3v) is 5.53. The molecule has 1 saturated heterocycles. The highest BCUT2D eigenvalue weighted by Crippen LogP contribution is 2.19. The van der Waals surface area contributed by atoms with Crippen LogP contribution in [0.5, 0.6) is 0 Å². The van der Waals surface area contributed by atoms with Crippen LogP contribution in [0.25, 0.3) is 0 Å². The number of carbonyl (C=O) groups is 1. The van der Waals surface area contributed by atoms with Crippen molar-refractivity contribution in [3.8, 4) is 0 Å². The first-order chi connectivity index (χ1) is 7.97. The monoisotopic (exact) mass is 262 g/mol. The lowest BCUT2D eigenvalue weighted by Gasteiger charge is -2.14. The lowest BCUT2D eigenvalue weighted by Crippen LogP contribution is -2.37. The Morgan fingerprint density at radius 2 is 2.24 bits per heavy atom. The van der Waals surface area contributed by atoms with Gasteiger partial charge in [0.1, 0.15) is 0 Å². The lowest BCUT2D eigenvalue weighted by atomic mass is 10.0. The molecule has 0 radical (unpaired) electrons. The molecule has 0 aromatic carbocycles. The molecule has 0 aromatic rings. The summed E-state index contributed by atoms with van der Waals surface area (Å²) >= 11 is 0. The largest absolute Gasteiger partial charge is 0.355 e. The Balaban J connectivity index is 2.33. The maximum absolute atomic E-state index is 11.7. The van der Waals surface area contributed by atoms with Crippen molar-refractivity contribution >= 4 is 15.7 Å². The summed E-state index contributed by atoms with van der Waals surface area (Å²) in [5.74, 6) is 0.0965. The standard InChI is InChI=1S/C11H22N2O3S/c1-9(4-2-6-12)11(14)13-8-10-5-3-7-17(10,15)16/h9-10H,2-8,12H2,1H3,(H,13,14). The van der Waals surface area contributed by atoms with Crippen molar-refractivity contribution in [2.45, 2.75) is 37.9 Å². The molecule has 1 rings (SSSR count). The minimum atomic E-state index is -2.96. The van der Waals surface area contributed by atoms with Crippen molar-refractivity contribution in [3.63, 3.8) is 0 Å². The van der Waals surface area contributed by atoms with E-state index in [1.165, 1.54) is 0 Å². The number of nitrogens with one attached hydrogen (secondary N) is 1. The van der Waals surface area contributed by atoms with Crippen molar-refractivity contribution in [3.05, 3.63) is 0 Å². The molecule has 2 atom stereocenters. The van der Waals surface area contributed by atoms with Gasteiger partial charge in [0, 0.05) is 12.5 Å². The topological polar surface area (TPSA) is 89.3 Å². The molecule has 1 heterocycles. The number of hydrogen-bond acceptors (Lipinski definition) is 4. The van der Waals surface area contributed by atoms with Gasteiger partial charge in [-0.05, 0) is 32.2 Å². The highest BCUT2D eigenvalue weighted by atomic mass is 32.2. The number of hydrogen-bond donors (Lipinski definition) is 2. The molecule has 1 amide bonds. The zero-order valence-electron chi connectivity index (χ0n) is 10.3. The van der Waals surface area contributed by atoms with Gasteiger partial charge in [-0.15, -0.1) is 0 Å². The molecule has 0 saturated carbocycles. The second-order valence-electron chi connectivity index (χ2n) is 4.71. The first-order valence-electron chi connectivity index (χ1n) is 6.16. The fraction of sp³-hybridized carbons (Fsp3) is 0.909. The molecular weight excluding hydrogens is 240 g/mol. The van der Waals surface area contributed by atoms with E-state index in [4.69, 9.17) is 5.73 Å². The molecule has 6 heteroatoms. The summed E-state index contributed by atoms with van der Waals surface area (Å²) < 4.78 is 23.1. The zero-order chi connectivity index (χ0) is 12.9. The van der Waals surface area contributed by atoms with E-state index in [-0.39, 0.29) is 29.4 Å². The van der Waals surface area contributed by atoms with Crippen LogP contribution in [-0.4, -0.2) is 38.4 Å². The number of nitrogens with two attached hydrogens (primary N) is 1. The second kappa shape index (κ2) is 6.35. The highest BCUT2D eigenvalue weighted by Gasteiger charge is 2.31. The highest BCUT2D eigenvalue weighted by molar-refractivity contribution is 7.92. The first-order valence-corrected chi connectivity index (χ1v) is 7.88. The molecule has 17 heavy (non-hydrogen) atoms. The van der Waals surface area contributed by atoms with Gasteiger partial charge in [-0.3, -0.25) is 4.79 Å². The summed E-state index contributed by atoms with van der Waals surface area (Å²) in [6, 6.07) is 0. The maximum atomic E-state index is 11.7. The van der Waals surface area contributed by atoms with Gasteiger partial charge in [0.25, 0.3) is 0 Å². The van der Waals surface area contributed by atoms with Gasteiger partial charge in [-0.2, -0.15) is 0 Å². The zero-order valence-corrected chi connectivity index (χ0v) is 11.1. The van der Waals surface area contributed by atoms with Crippen LogP contribution < -0.4 is 11.1 Å². The Hall–Kier alpha value is -0.620. The van der Waals surface area contributed by atoms with E-state index >= 15 is 0 Å². The summed E-state index contributed by atoms with van der Waals surface area (Å²) in [7, 11) is -2.96. The van der Waals surface area contributed by atoms with E-state index in [0.29, 0.717) is 19.4 Å². The van der Waals surface area contributed by atoms with E-state index in [0.717, 1.165) is 12.8 Å². The van der Waals surface area contributed by atoms with Gasteiger partial charge in [-0.25, -0.2) is 8.42 Å². The van der Waals surface area contributed by atoms with Crippen molar-refractivity contribution in [1.82, 2.24) is 5.32 Å². The van der Waals surface area contributed by atoms with E-state index in [9.17, 15) is 13.2 Å². The average Bonchev–Trinajstić information content (AvgIpc) is 2.62. The van der Waals surface area contributed by atoms with Crippen molar-refractivity contribution in [2.24, 2.45) is 11.7 Å². The Labute approximate surface area is 103 Å². The molecule has 0 aromatic heterocycles. The number of amides is 1. The molecule has 0 aliphatic carbocycles. The van der Waals surface area contributed by atoms with Crippen LogP contribution in [0.15, 0.2) is 0 Å². The van der Waals surface area contributed by atoms with E-state index in [1.54, 1.807) is 0 Å². The Bertz CT molecular complexity index is 354. The molecular formula is C11H22N2O3S. The minimum Gasteiger partial charge on any atom is -0.355 e. The number of sulfone groups is 1. The van der Waals surface area contributed by atoms with Gasteiger partial charge in [0.15, 0.2) is 9.84 Å². The van der Waals surface area contributed by atoms with Crippen LogP contribution in [0, 0.1) is 5.92 Å². The van der Waals surface area contributed by atoms with Crippen molar-refractivity contribution < 1.29 is 13.2 Å². The summed E-state index contributed by atoms with van der Waals surface area (Å²) in [4.78, 5) is 11.7. The van der Waals surface area contributed by atoms with Crippen LogP contribution in [0.3, 0.4) is 0 Å². The molecule has 0 bridgehead atoms. The predicted octanol–water partition coefficient (Wildman–Crippen LogP) is 0.0548. The van der Waals surface area contributed by atoms with Crippen LogP contribution in [0.4, 0.5) is 0 Å². The van der Waals surface area contributed by atoms with E-state index < -0.39 is 9.84 Å². The summed E-state index contributed by atoms with van der Waals surface area (Å²) in [6.45, 7) is 2.68. The van der Waals surface area contributed by atoms with Crippen LogP contribution >= 0.6 is 0 Å². The molecule has 1 aliphatic rings. The van der Waals surface area contributed by atoms with Gasteiger partial charge >= 0.3 is 0 Å². The van der Waals surface area contributed by atoms with Gasteiger partial charge in [-0.1, -0.05) is 6.92 Å². The number of carbonyl (C=O) groups excluding carboxylic acids is 1. The fourth-order valence-electron chi connectivity index (χ4n) is 2.03. The normalized spacial score (nSPS) is 24.5. The molecule has 1 aliphatic heterocycles. The fourth-order valence-corrected chi connectivity index (χ4v) is 3.80. The number of rotatable bonds is 6. The third kappa shape index (κ3) is 4.27. The van der Waals surface area contributed by atoms with Gasteiger partial charge in [0.2, 0.25) is 5.91 Å². The smallest absolute Gasteiger partial charge is 0.222 e. The van der Waals surface area contributed by atoms with E-state index in [2.05, 4.69) is 5.32 Å². The Morgan fingerprint density at radius 3 is 2.76 bits per heavy atom. The van der Waals surface area contributed by atoms with E-state index in [1.807, 2.05) is 6.92 Å². The third-order valence-electron chi connectivity index (χ3n) is 3.26. The maximum Gasteiger partial charge on any atom is 0.222 e. The molecule has 5 nitrogen and oxygen atoms in total. The Morgan fingerprint density at radius 1 is 1.53 bits per heavy atom. The summed E-state index contributed by atoms with van der Waals surface area (Å²) in [6.07, 6.45) is 2.95. The lowest BCUT2D eigenvalue weighted by molar-refractivity contribution is -0.124. The molecule has 0 spiro atoms. The van der Waals surface area contributed by atoms with Crippen LogP contribution in [-0.2, 0) is 14.6 Å². The van der Waals surface area contributed by atoms with Gasteiger partial charge in [0.05, 0.1) is 11.0 Å². The summed E-state index contributed by atoms with van der Waals surface area (Å²) in [5, 5.41) is 2.35. The molecule has 2 unspecified atom stereocenters. The van der Waals surface area contributed by atoms with Crippen molar-refractivity contribution in [2.75, 3.05) is 18.8 Å². The summed E-state index contributed by atoms with van der Waals surface area (Å²) in [5.41, 5.74) is 5.38.